The first-order valence-electron chi connectivity index (χ1n) is 11.8. The molecule has 1 nitrogen and oxygen atoms in total. The Kier molecular flexibility index (Phi) is 4.76. The van der Waals surface area contributed by atoms with Gasteiger partial charge >= 0.3 is 0 Å². The Bertz CT molecular complexity index is 1070. The number of hydrogen-bond donors (Lipinski definition) is 0. The third-order valence-electron chi connectivity index (χ3n) is 8.07. The minimum absolute atomic E-state index is 0.391. The average Bonchev–Trinajstić information content (AvgIpc) is 2.74. The maximum atomic E-state index is 3.89. The van der Waals surface area contributed by atoms with Gasteiger partial charge in [0.1, 0.15) is 0 Å². The Labute approximate surface area is 194 Å². The zero-order valence-electron chi connectivity index (χ0n) is 18.2. The zero-order chi connectivity index (χ0) is 21.0. The quantitative estimate of drug-likeness (QED) is 0.367. The van der Waals surface area contributed by atoms with Crippen molar-refractivity contribution >= 4 is 33.0 Å². The van der Waals surface area contributed by atoms with Gasteiger partial charge in [-0.25, -0.2) is 0 Å². The van der Waals surface area contributed by atoms with Crippen LogP contribution in [-0.4, -0.2) is 0 Å². The van der Waals surface area contributed by atoms with Crippen molar-refractivity contribution in [3.8, 4) is 0 Å². The second-order valence-electron chi connectivity index (χ2n) is 10.4. The summed E-state index contributed by atoms with van der Waals surface area (Å²) in [5.74, 6) is 2.86. The molecule has 3 aromatic carbocycles. The van der Waals surface area contributed by atoms with Gasteiger partial charge in [0.25, 0.3) is 0 Å². The number of hydrogen-bond acceptors (Lipinski definition) is 1. The molecule has 0 saturated heterocycles. The minimum atomic E-state index is 0.391. The molecule has 0 amide bonds. The van der Waals surface area contributed by atoms with Gasteiger partial charge in [0.2, 0.25) is 0 Å². The van der Waals surface area contributed by atoms with E-state index in [1.165, 1.54) is 65.6 Å². The normalized spacial score (nSPS) is 28.6. The first kappa shape index (κ1) is 19.6. The molecule has 4 aliphatic carbocycles. The van der Waals surface area contributed by atoms with E-state index >= 15 is 0 Å². The molecule has 4 saturated carbocycles. The van der Waals surface area contributed by atoms with Crippen molar-refractivity contribution in [1.82, 2.24) is 0 Å². The lowest BCUT2D eigenvalue weighted by molar-refractivity contribution is -0.00519. The van der Waals surface area contributed by atoms with Gasteiger partial charge in [0.15, 0.2) is 0 Å². The highest BCUT2D eigenvalue weighted by molar-refractivity contribution is 9.10. The highest BCUT2D eigenvalue weighted by atomic mass is 79.9. The van der Waals surface area contributed by atoms with Crippen molar-refractivity contribution < 1.29 is 0 Å². The van der Waals surface area contributed by atoms with Crippen LogP contribution in [0.15, 0.2) is 77.3 Å². The summed E-state index contributed by atoms with van der Waals surface area (Å²) < 4.78 is 1.20. The largest absolute Gasteiger partial charge is 0.310 e. The monoisotopic (exact) mass is 471 g/mol. The van der Waals surface area contributed by atoms with E-state index in [9.17, 15) is 0 Å². The molecule has 0 radical (unpaired) electrons. The second kappa shape index (κ2) is 7.52. The lowest BCUT2D eigenvalue weighted by atomic mass is 9.48. The first-order chi connectivity index (χ1) is 15.1. The van der Waals surface area contributed by atoms with E-state index in [1.807, 2.05) is 0 Å². The van der Waals surface area contributed by atoms with Gasteiger partial charge in [-0.05, 0) is 122 Å². The maximum absolute atomic E-state index is 3.89. The molecule has 2 heteroatoms. The van der Waals surface area contributed by atoms with Crippen LogP contribution in [-0.2, 0) is 5.41 Å². The third-order valence-corrected chi connectivity index (χ3v) is 8.52. The molecule has 0 aromatic heterocycles. The Morgan fingerprint density at radius 2 is 1.35 bits per heavy atom. The van der Waals surface area contributed by atoms with Crippen LogP contribution in [0, 0.1) is 24.7 Å². The Morgan fingerprint density at radius 3 is 2.00 bits per heavy atom. The van der Waals surface area contributed by atoms with E-state index in [-0.39, 0.29) is 0 Å². The summed E-state index contributed by atoms with van der Waals surface area (Å²) in [6.07, 6.45) is 8.64. The number of nitrogens with zero attached hydrogens (tertiary/aromatic N) is 1. The topological polar surface area (TPSA) is 3.24 Å². The number of halogens is 1. The number of rotatable bonds is 4. The summed E-state index contributed by atoms with van der Waals surface area (Å²) in [5.41, 5.74) is 6.93. The molecular weight excluding hydrogens is 442 g/mol. The van der Waals surface area contributed by atoms with Crippen molar-refractivity contribution in [2.75, 3.05) is 4.90 Å². The smallest absolute Gasteiger partial charge is 0.0475 e. The Morgan fingerprint density at radius 1 is 0.710 bits per heavy atom. The summed E-state index contributed by atoms with van der Waals surface area (Å²) in [6.45, 7) is 2.18. The predicted octanol–water partition coefficient (Wildman–Crippen LogP) is 8.70. The second-order valence-corrected chi connectivity index (χ2v) is 11.3. The van der Waals surface area contributed by atoms with E-state index in [1.54, 1.807) is 5.56 Å². The molecule has 0 unspecified atom stereocenters. The van der Waals surface area contributed by atoms with Crippen LogP contribution in [0.1, 0.15) is 49.7 Å². The fourth-order valence-corrected chi connectivity index (χ4v) is 7.75. The van der Waals surface area contributed by atoms with Crippen LogP contribution in [0.2, 0.25) is 0 Å². The molecule has 0 heterocycles. The molecular formula is C29H30BrN. The van der Waals surface area contributed by atoms with E-state index < -0.39 is 0 Å². The summed E-state index contributed by atoms with van der Waals surface area (Å²) in [4.78, 5) is 2.42. The van der Waals surface area contributed by atoms with Crippen molar-refractivity contribution in [2.45, 2.75) is 50.9 Å². The standard InChI is InChI=1S/C29H30BrN/c1-20-6-5-9-27(10-20)31(26-7-3-2-4-8-26)28-15-24(14-25(30)16-28)29-17-21-11-22(18-29)13-23(12-21)19-29/h2-10,14-16,21-23H,11-13,17-19H2,1H3. The molecule has 7 rings (SSSR count). The summed E-state index contributed by atoms with van der Waals surface area (Å²) in [6, 6.07) is 26.9. The highest BCUT2D eigenvalue weighted by Gasteiger charge is 2.51. The predicted molar refractivity (Wildman–Crippen MR) is 133 cm³/mol. The van der Waals surface area contributed by atoms with Crippen LogP contribution >= 0.6 is 15.9 Å². The number of anilines is 3. The number of para-hydroxylation sites is 1. The highest BCUT2D eigenvalue weighted by Crippen LogP contribution is 2.61. The van der Waals surface area contributed by atoms with E-state index in [0.717, 1.165) is 17.8 Å². The van der Waals surface area contributed by atoms with Gasteiger partial charge in [-0.2, -0.15) is 0 Å². The molecule has 31 heavy (non-hydrogen) atoms. The molecule has 4 aliphatic rings. The summed E-state index contributed by atoms with van der Waals surface area (Å²) >= 11 is 3.89. The fraction of sp³-hybridized carbons (Fsp3) is 0.379. The molecule has 4 bridgehead atoms. The van der Waals surface area contributed by atoms with Crippen molar-refractivity contribution in [3.63, 3.8) is 0 Å². The van der Waals surface area contributed by atoms with Gasteiger partial charge in [0.05, 0.1) is 0 Å². The van der Waals surface area contributed by atoms with Crippen LogP contribution in [0.25, 0.3) is 0 Å². The van der Waals surface area contributed by atoms with Crippen molar-refractivity contribution in [1.29, 1.82) is 0 Å². The van der Waals surface area contributed by atoms with E-state index in [0.29, 0.717) is 5.41 Å². The zero-order valence-corrected chi connectivity index (χ0v) is 19.8. The lowest BCUT2D eigenvalue weighted by Crippen LogP contribution is -2.48. The third kappa shape index (κ3) is 3.53. The molecule has 0 atom stereocenters. The van der Waals surface area contributed by atoms with Crippen molar-refractivity contribution in [3.05, 3.63) is 88.4 Å². The molecule has 3 aromatic rings. The Balaban J connectivity index is 1.48. The van der Waals surface area contributed by atoms with E-state index in [2.05, 4.69) is 101 Å². The molecule has 0 N–H and O–H groups in total. The van der Waals surface area contributed by atoms with Gasteiger partial charge in [0, 0.05) is 21.5 Å². The van der Waals surface area contributed by atoms with E-state index in [4.69, 9.17) is 0 Å². The first-order valence-corrected chi connectivity index (χ1v) is 12.6. The van der Waals surface area contributed by atoms with Gasteiger partial charge < -0.3 is 4.90 Å². The van der Waals surface area contributed by atoms with Crippen LogP contribution in [0.3, 0.4) is 0 Å². The average molecular weight is 472 g/mol. The van der Waals surface area contributed by atoms with Crippen LogP contribution < -0.4 is 4.90 Å². The van der Waals surface area contributed by atoms with Gasteiger partial charge in [-0.3, -0.25) is 0 Å². The molecule has 0 spiro atoms. The minimum Gasteiger partial charge on any atom is -0.310 e. The molecule has 158 valence electrons. The fourth-order valence-electron chi connectivity index (χ4n) is 7.26. The number of aryl methyl sites for hydroxylation is 1. The molecule has 0 aliphatic heterocycles. The van der Waals surface area contributed by atoms with Crippen LogP contribution in [0.4, 0.5) is 17.1 Å². The Hall–Kier alpha value is -2.06. The van der Waals surface area contributed by atoms with Crippen molar-refractivity contribution in [2.24, 2.45) is 17.8 Å². The van der Waals surface area contributed by atoms with Gasteiger partial charge in [-0.15, -0.1) is 0 Å². The lowest BCUT2D eigenvalue weighted by Gasteiger charge is -2.57. The SMILES string of the molecule is Cc1cccc(N(c2ccccc2)c2cc(Br)cc(C34CC5CC(CC(C5)C3)C4)c2)c1. The van der Waals surface area contributed by atoms with Crippen LogP contribution in [0.5, 0.6) is 0 Å². The maximum Gasteiger partial charge on any atom is 0.0475 e. The summed E-state index contributed by atoms with van der Waals surface area (Å²) in [5, 5.41) is 0. The number of benzene rings is 3. The molecule has 4 fully saturated rings. The summed E-state index contributed by atoms with van der Waals surface area (Å²) in [7, 11) is 0. The van der Waals surface area contributed by atoms with Gasteiger partial charge in [-0.1, -0.05) is 46.3 Å².